The Hall–Kier alpha value is -0.170. The van der Waals surface area contributed by atoms with Crippen LogP contribution in [0.5, 0.6) is 0 Å². The van der Waals surface area contributed by atoms with Crippen LogP contribution in [0, 0.1) is 15.4 Å². The van der Waals surface area contributed by atoms with Gasteiger partial charge in [0.1, 0.15) is 10.3 Å². The van der Waals surface area contributed by atoms with Crippen molar-refractivity contribution in [2.45, 2.75) is 77.5 Å². The van der Waals surface area contributed by atoms with Crippen LogP contribution >= 0.6 is 93.4 Å². The van der Waals surface area contributed by atoms with E-state index in [4.69, 9.17) is 55.9 Å². The Morgan fingerprint density at radius 1 is 0.929 bits per heavy atom. The fourth-order valence-electron chi connectivity index (χ4n) is 2.85. The zero-order valence-corrected chi connectivity index (χ0v) is 31.4. The SMILES string of the molecule is CCC(C)COC(=O)CCSc1ccnc(Cl)c1Cl.CCCCC(CC)COC(=O)CCS.Clc1nccc(I)c1Cl. The van der Waals surface area contributed by atoms with Gasteiger partial charge in [-0.05, 0) is 53.0 Å². The Morgan fingerprint density at radius 2 is 1.52 bits per heavy atom. The molecule has 0 bridgehead atoms. The van der Waals surface area contributed by atoms with E-state index in [1.165, 1.54) is 31.0 Å². The molecule has 0 radical (unpaired) electrons. The molecule has 0 spiro atoms. The standard InChI is InChI=1S/C13H17Cl2NO2S.C11H22O2S.C5H2Cl2IN/c1-3-9(2)8-18-11(17)5-7-19-10-4-6-16-13(15)12(10)14;1-3-5-6-10(4-2)9-13-11(12)7-8-14;6-4-3(8)1-2-9-5(4)7/h4,6,9H,3,5,7-8H2,1-2H3;10,14H,3-9H2,1-2H3;1-2H. The summed E-state index contributed by atoms with van der Waals surface area (Å²) < 4.78 is 11.2. The molecular weight excluding hydrogens is 773 g/mol. The van der Waals surface area contributed by atoms with Crippen molar-refractivity contribution < 1.29 is 19.1 Å². The first-order valence-corrected chi connectivity index (χ1v) is 18.0. The monoisotopic (exact) mass is 812 g/mol. The van der Waals surface area contributed by atoms with Crippen molar-refractivity contribution in [1.29, 1.82) is 0 Å². The van der Waals surface area contributed by atoms with Crippen LogP contribution in [0.25, 0.3) is 0 Å². The van der Waals surface area contributed by atoms with E-state index in [1.807, 2.05) is 0 Å². The number of pyridine rings is 2. The summed E-state index contributed by atoms with van der Waals surface area (Å²) in [6, 6.07) is 3.58. The zero-order valence-electron chi connectivity index (χ0n) is 24.5. The maximum atomic E-state index is 11.5. The first kappa shape index (κ1) is 41.8. The van der Waals surface area contributed by atoms with E-state index in [9.17, 15) is 9.59 Å². The van der Waals surface area contributed by atoms with E-state index >= 15 is 0 Å². The highest BCUT2D eigenvalue weighted by molar-refractivity contribution is 14.1. The van der Waals surface area contributed by atoms with Crippen LogP contribution in [-0.4, -0.2) is 46.6 Å². The Bertz CT molecular complexity index is 1040. The lowest BCUT2D eigenvalue weighted by Gasteiger charge is -2.14. The lowest BCUT2D eigenvalue weighted by atomic mass is 10.0. The summed E-state index contributed by atoms with van der Waals surface area (Å²) in [5.41, 5.74) is 0. The molecule has 2 aromatic rings. The van der Waals surface area contributed by atoms with Crippen LogP contribution in [0.15, 0.2) is 29.4 Å². The molecule has 2 rings (SSSR count). The number of aromatic nitrogens is 2. The fraction of sp³-hybridized carbons (Fsp3) is 0.586. The molecule has 2 heterocycles. The molecular formula is C29H41Cl4IN2O4S2. The predicted molar refractivity (Wildman–Crippen MR) is 190 cm³/mol. The number of thiol groups is 1. The average Bonchev–Trinajstić information content (AvgIpc) is 2.97. The molecule has 2 aromatic heterocycles. The van der Waals surface area contributed by atoms with Crippen molar-refractivity contribution in [2.24, 2.45) is 11.8 Å². The average molecular weight is 815 g/mol. The third-order valence-electron chi connectivity index (χ3n) is 5.74. The molecule has 0 aliphatic rings. The van der Waals surface area contributed by atoms with Crippen molar-refractivity contribution in [1.82, 2.24) is 9.97 Å². The maximum absolute atomic E-state index is 11.5. The molecule has 0 saturated heterocycles. The fourth-order valence-corrected chi connectivity index (χ4v) is 5.24. The molecule has 0 aliphatic heterocycles. The lowest BCUT2D eigenvalue weighted by Crippen LogP contribution is -2.13. The van der Waals surface area contributed by atoms with E-state index in [1.54, 1.807) is 24.5 Å². The molecule has 42 heavy (non-hydrogen) atoms. The van der Waals surface area contributed by atoms with Crippen LogP contribution < -0.4 is 0 Å². The van der Waals surface area contributed by atoms with Crippen molar-refractivity contribution in [3.8, 4) is 0 Å². The smallest absolute Gasteiger partial charge is 0.306 e. The predicted octanol–water partition coefficient (Wildman–Crippen LogP) is 10.5. The highest BCUT2D eigenvalue weighted by atomic mass is 127. The summed E-state index contributed by atoms with van der Waals surface area (Å²) in [5, 5.41) is 1.61. The summed E-state index contributed by atoms with van der Waals surface area (Å²) in [6.45, 7) is 9.53. The van der Waals surface area contributed by atoms with Gasteiger partial charge in [-0.1, -0.05) is 99.8 Å². The van der Waals surface area contributed by atoms with Gasteiger partial charge >= 0.3 is 11.9 Å². The van der Waals surface area contributed by atoms with Gasteiger partial charge in [0.05, 0.1) is 36.1 Å². The van der Waals surface area contributed by atoms with Crippen LogP contribution in [0.3, 0.4) is 0 Å². The molecule has 2 unspecified atom stereocenters. The van der Waals surface area contributed by atoms with E-state index < -0.39 is 0 Å². The van der Waals surface area contributed by atoms with Gasteiger partial charge in [0.25, 0.3) is 0 Å². The molecule has 6 nitrogen and oxygen atoms in total. The molecule has 0 N–H and O–H groups in total. The number of carbonyl (C=O) groups excluding carboxylic acids is 2. The number of unbranched alkanes of at least 4 members (excludes halogenated alkanes) is 1. The number of hydrogen-bond donors (Lipinski definition) is 1. The summed E-state index contributed by atoms with van der Waals surface area (Å²) >= 11 is 30.6. The van der Waals surface area contributed by atoms with Gasteiger partial charge in [-0.3, -0.25) is 9.59 Å². The summed E-state index contributed by atoms with van der Waals surface area (Å²) in [7, 11) is 0. The van der Waals surface area contributed by atoms with Gasteiger partial charge in [0.2, 0.25) is 0 Å². The Labute approximate surface area is 294 Å². The van der Waals surface area contributed by atoms with Gasteiger partial charge in [0.15, 0.2) is 0 Å². The van der Waals surface area contributed by atoms with Crippen LogP contribution in [-0.2, 0) is 19.1 Å². The number of esters is 2. The van der Waals surface area contributed by atoms with Crippen molar-refractivity contribution in [3.05, 3.63) is 48.4 Å². The van der Waals surface area contributed by atoms with Gasteiger partial charge in [-0.25, -0.2) is 9.97 Å². The maximum Gasteiger partial charge on any atom is 0.306 e. The summed E-state index contributed by atoms with van der Waals surface area (Å²) in [4.78, 5) is 31.0. The molecule has 238 valence electrons. The molecule has 0 aromatic carbocycles. The second kappa shape index (κ2) is 26.1. The Kier molecular flexibility index (Phi) is 26.0. The van der Waals surface area contributed by atoms with Crippen molar-refractivity contribution >= 4 is 105 Å². The van der Waals surface area contributed by atoms with Crippen LogP contribution in [0.4, 0.5) is 0 Å². The second-order valence-corrected chi connectivity index (χ2v) is 13.4. The molecule has 0 fully saturated rings. The summed E-state index contributed by atoms with van der Waals surface area (Å²) in [5.74, 6) is 1.84. The van der Waals surface area contributed by atoms with E-state index in [0.29, 0.717) is 64.6 Å². The van der Waals surface area contributed by atoms with Crippen LogP contribution in [0.2, 0.25) is 20.4 Å². The third kappa shape index (κ3) is 20.0. The topological polar surface area (TPSA) is 78.4 Å². The normalized spacial score (nSPS) is 11.8. The van der Waals surface area contributed by atoms with Gasteiger partial charge in [0, 0.05) is 32.4 Å². The summed E-state index contributed by atoms with van der Waals surface area (Å²) in [6.07, 6.45) is 9.70. The first-order chi connectivity index (χ1) is 20.0. The quantitative estimate of drug-likeness (QED) is 0.0631. The first-order valence-electron chi connectivity index (χ1n) is 13.8. The highest BCUT2D eigenvalue weighted by Gasteiger charge is 2.10. The number of carbonyl (C=O) groups is 2. The number of thioether (sulfide) groups is 1. The third-order valence-corrected chi connectivity index (χ3v) is 9.88. The Morgan fingerprint density at radius 3 is 2.07 bits per heavy atom. The van der Waals surface area contributed by atoms with E-state index in [2.05, 4.69) is 72.9 Å². The van der Waals surface area contributed by atoms with Crippen molar-refractivity contribution in [2.75, 3.05) is 24.7 Å². The van der Waals surface area contributed by atoms with Gasteiger partial charge < -0.3 is 9.47 Å². The second-order valence-electron chi connectivity index (χ2n) is 9.18. The van der Waals surface area contributed by atoms with E-state index in [-0.39, 0.29) is 17.1 Å². The Balaban J connectivity index is 0.000000641. The van der Waals surface area contributed by atoms with Crippen LogP contribution in [0.1, 0.15) is 72.6 Å². The molecule has 13 heteroatoms. The largest absolute Gasteiger partial charge is 0.465 e. The van der Waals surface area contributed by atoms with Gasteiger partial charge in [-0.15, -0.1) is 11.8 Å². The molecule has 0 aliphatic carbocycles. The lowest BCUT2D eigenvalue weighted by molar-refractivity contribution is -0.145. The minimum atomic E-state index is -0.177. The zero-order chi connectivity index (χ0) is 31.9. The minimum absolute atomic E-state index is 0.116. The van der Waals surface area contributed by atoms with Gasteiger partial charge in [-0.2, -0.15) is 12.6 Å². The number of rotatable bonds is 15. The van der Waals surface area contributed by atoms with Crippen molar-refractivity contribution in [3.63, 3.8) is 0 Å². The number of halogens is 5. The molecule has 0 saturated carbocycles. The number of nitrogens with zero attached hydrogens (tertiary/aromatic N) is 2. The van der Waals surface area contributed by atoms with E-state index in [0.717, 1.165) is 21.3 Å². The number of hydrogen-bond acceptors (Lipinski definition) is 8. The minimum Gasteiger partial charge on any atom is -0.465 e. The highest BCUT2D eigenvalue weighted by Crippen LogP contribution is 2.31. The number of ether oxygens (including phenoxy) is 2. The molecule has 2 atom stereocenters. The molecule has 0 amide bonds.